The molecule has 0 unspecified atom stereocenters. The van der Waals surface area contributed by atoms with E-state index in [0.717, 1.165) is 0 Å². The molecule has 1 saturated heterocycles. The van der Waals surface area contributed by atoms with Gasteiger partial charge in [0, 0.05) is 6.07 Å². The van der Waals surface area contributed by atoms with E-state index in [-0.39, 0.29) is 0 Å². The molecule has 2 N–H and O–H groups in total. The number of hydrazone groups is 1. The van der Waals surface area contributed by atoms with Gasteiger partial charge in [-0.25, -0.2) is 4.79 Å². The van der Waals surface area contributed by atoms with Crippen LogP contribution in [0.1, 0.15) is 5.76 Å². The standard InChI is InChI=1S/C8H9N3O3/c9-7-2-1-6(14-7)5-10-11-3-4-13-8(11)12/h1-2,5H,3-4,9H2. The molecule has 0 atom stereocenters. The van der Waals surface area contributed by atoms with Gasteiger partial charge in [-0.2, -0.15) is 10.1 Å². The second kappa shape index (κ2) is 3.41. The molecule has 0 aliphatic carbocycles. The summed E-state index contributed by atoms with van der Waals surface area (Å²) in [7, 11) is 0. The van der Waals surface area contributed by atoms with Gasteiger partial charge in [-0.3, -0.25) is 0 Å². The maximum atomic E-state index is 10.9. The number of carbonyl (C=O) groups is 1. The monoisotopic (exact) mass is 195 g/mol. The Bertz CT molecular complexity index is 372. The summed E-state index contributed by atoms with van der Waals surface area (Å²) in [5.41, 5.74) is 5.36. The molecule has 0 bridgehead atoms. The summed E-state index contributed by atoms with van der Waals surface area (Å²) in [6, 6.07) is 3.28. The number of nitrogens with two attached hydrogens (primary N) is 1. The fourth-order valence-corrected chi connectivity index (χ4v) is 1.05. The van der Waals surface area contributed by atoms with Gasteiger partial charge in [0.1, 0.15) is 12.4 Å². The lowest BCUT2D eigenvalue weighted by molar-refractivity contribution is 0.159. The van der Waals surface area contributed by atoms with Gasteiger partial charge < -0.3 is 14.9 Å². The molecule has 14 heavy (non-hydrogen) atoms. The fraction of sp³-hybridized carbons (Fsp3) is 0.250. The normalized spacial score (nSPS) is 16.6. The molecule has 2 rings (SSSR count). The molecule has 0 saturated carbocycles. The Balaban J connectivity index is 2.03. The van der Waals surface area contributed by atoms with Gasteiger partial charge in [-0.05, 0) is 6.07 Å². The molecule has 1 fully saturated rings. The van der Waals surface area contributed by atoms with Crippen molar-refractivity contribution in [3.8, 4) is 0 Å². The summed E-state index contributed by atoms with van der Waals surface area (Å²) in [5.74, 6) is 0.817. The number of nitrogens with zero attached hydrogens (tertiary/aromatic N) is 2. The number of hydrogen-bond acceptors (Lipinski definition) is 5. The number of furan rings is 1. The Kier molecular flexibility index (Phi) is 2.10. The van der Waals surface area contributed by atoms with E-state index in [2.05, 4.69) is 9.84 Å². The number of rotatable bonds is 2. The summed E-state index contributed by atoms with van der Waals surface area (Å²) in [4.78, 5) is 10.9. The van der Waals surface area contributed by atoms with Crippen LogP contribution in [0.2, 0.25) is 0 Å². The average Bonchev–Trinajstić information content (AvgIpc) is 2.72. The highest BCUT2D eigenvalue weighted by molar-refractivity contribution is 5.78. The van der Waals surface area contributed by atoms with Gasteiger partial charge in [0.05, 0.1) is 12.8 Å². The molecule has 6 heteroatoms. The topological polar surface area (TPSA) is 81.1 Å². The predicted molar refractivity (Wildman–Crippen MR) is 48.8 cm³/mol. The number of nitrogen functional groups attached to an aromatic ring is 1. The van der Waals surface area contributed by atoms with E-state index in [0.29, 0.717) is 24.8 Å². The van der Waals surface area contributed by atoms with Crippen molar-refractivity contribution < 1.29 is 13.9 Å². The van der Waals surface area contributed by atoms with Crippen molar-refractivity contribution in [2.24, 2.45) is 5.10 Å². The summed E-state index contributed by atoms with van der Waals surface area (Å²) in [6.07, 6.45) is 0.976. The first-order valence-electron chi connectivity index (χ1n) is 4.09. The van der Waals surface area contributed by atoms with Gasteiger partial charge in [0.2, 0.25) is 0 Å². The maximum Gasteiger partial charge on any atom is 0.430 e. The largest absolute Gasteiger partial charge is 0.446 e. The zero-order valence-corrected chi connectivity index (χ0v) is 7.34. The Hall–Kier alpha value is -1.98. The van der Waals surface area contributed by atoms with Gasteiger partial charge >= 0.3 is 6.09 Å². The molecule has 2 heterocycles. The smallest absolute Gasteiger partial charge is 0.430 e. The molecular formula is C8H9N3O3. The lowest BCUT2D eigenvalue weighted by atomic mass is 10.5. The Morgan fingerprint density at radius 2 is 2.43 bits per heavy atom. The van der Waals surface area contributed by atoms with Crippen LogP contribution in [-0.2, 0) is 4.74 Å². The first kappa shape index (κ1) is 8.61. The van der Waals surface area contributed by atoms with Crippen molar-refractivity contribution in [2.45, 2.75) is 0 Å². The number of ether oxygens (including phenoxy) is 1. The maximum absolute atomic E-state index is 10.9. The van der Waals surface area contributed by atoms with E-state index in [9.17, 15) is 4.79 Å². The highest BCUT2D eigenvalue weighted by Crippen LogP contribution is 2.08. The minimum atomic E-state index is -0.444. The number of carbonyl (C=O) groups excluding carboxylic acids is 1. The van der Waals surface area contributed by atoms with Crippen LogP contribution in [0.4, 0.5) is 10.7 Å². The predicted octanol–water partition coefficient (Wildman–Crippen LogP) is 0.648. The summed E-state index contributed by atoms with van der Waals surface area (Å²) in [5, 5.41) is 5.09. The molecule has 6 nitrogen and oxygen atoms in total. The van der Waals surface area contributed by atoms with Crippen LogP contribution in [0.3, 0.4) is 0 Å². The van der Waals surface area contributed by atoms with Gasteiger partial charge in [-0.15, -0.1) is 0 Å². The zero-order valence-electron chi connectivity index (χ0n) is 7.34. The van der Waals surface area contributed by atoms with Crippen LogP contribution in [0.25, 0.3) is 0 Å². The first-order valence-corrected chi connectivity index (χ1v) is 4.09. The van der Waals surface area contributed by atoms with Crippen LogP contribution in [-0.4, -0.2) is 30.5 Å². The second-order valence-corrected chi connectivity index (χ2v) is 2.72. The van der Waals surface area contributed by atoms with Crippen LogP contribution < -0.4 is 5.73 Å². The minimum Gasteiger partial charge on any atom is -0.446 e. The number of hydrogen-bond donors (Lipinski definition) is 1. The Morgan fingerprint density at radius 1 is 1.57 bits per heavy atom. The highest BCUT2D eigenvalue weighted by Gasteiger charge is 2.20. The molecule has 1 aliphatic heterocycles. The zero-order chi connectivity index (χ0) is 9.97. The van der Waals surface area contributed by atoms with Crippen molar-refractivity contribution in [1.82, 2.24) is 5.01 Å². The van der Waals surface area contributed by atoms with Crippen molar-refractivity contribution in [2.75, 3.05) is 18.9 Å². The average molecular weight is 195 g/mol. The van der Waals surface area contributed by atoms with Crippen molar-refractivity contribution >= 4 is 18.2 Å². The summed E-state index contributed by atoms with van der Waals surface area (Å²) in [6.45, 7) is 0.835. The Morgan fingerprint density at radius 3 is 3.00 bits per heavy atom. The second-order valence-electron chi connectivity index (χ2n) is 2.72. The summed E-state index contributed by atoms with van der Waals surface area (Å²) < 4.78 is 9.71. The molecule has 0 radical (unpaired) electrons. The first-order chi connectivity index (χ1) is 6.75. The van der Waals surface area contributed by atoms with Gasteiger partial charge in [0.15, 0.2) is 5.88 Å². The molecule has 74 valence electrons. The molecule has 0 aromatic carbocycles. The molecule has 0 spiro atoms. The highest BCUT2D eigenvalue weighted by atomic mass is 16.6. The quantitative estimate of drug-likeness (QED) is 0.702. The van der Waals surface area contributed by atoms with Crippen LogP contribution in [0.15, 0.2) is 21.7 Å². The van der Waals surface area contributed by atoms with Crippen LogP contribution in [0.5, 0.6) is 0 Å². The van der Waals surface area contributed by atoms with E-state index in [4.69, 9.17) is 10.2 Å². The van der Waals surface area contributed by atoms with Gasteiger partial charge in [0.25, 0.3) is 0 Å². The van der Waals surface area contributed by atoms with Crippen molar-refractivity contribution in [1.29, 1.82) is 0 Å². The third kappa shape index (κ3) is 1.68. The van der Waals surface area contributed by atoms with Crippen LogP contribution in [0, 0.1) is 0 Å². The fourth-order valence-electron chi connectivity index (χ4n) is 1.05. The summed E-state index contributed by atoms with van der Waals surface area (Å²) >= 11 is 0. The number of amides is 1. The Labute approximate surface area is 79.9 Å². The van der Waals surface area contributed by atoms with E-state index in [1.807, 2.05) is 0 Å². The minimum absolute atomic E-state index is 0.315. The molecule has 1 amide bonds. The van der Waals surface area contributed by atoms with E-state index < -0.39 is 6.09 Å². The lowest BCUT2D eigenvalue weighted by Gasteiger charge is -2.01. The number of cyclic esters (lactones) is 1. The van der Waals surface area contributed by atoms with Crippen molar-refractivity contribution in [3.63, 3.8) is 0 Å². The molecular weight excluding hydrogens is 186 g/mol. The molecule has 1 aromatic heterocycles. The van der Waals surface area contributed by atoms with Crippen LogP contribution >= 0.6 is 0 Å². The lowest BCUT2D eigenvalue weighted by Crippen LogP contribution is -2.17. The van der Waals surface area contributed by atoms with E-state index >= 15 is 0 Å². The third-order valence-electron chi connectivity index (χ3n) is 1.71. The number of anilines is 1. The molecule has 1 aromatic rings. The molecule has 1 aliphatic rings. The van der Waals surface area contributed by atoms with E-state index in [1.165, 1.54) is 11.2 Å². The van der Waals surface area contributed by atoms with Crippen molar-refractivity contribution in [3.05, 3.63) is 17.9 Å². The van der Waals surface area contributed by atoms with E-state index in [1.54, 1.807) is 12.1 Å². The SMILES string of the molecule is Nc1ccc(C=NN2CCOC2=O)o1. The third-order valence-corrected chi connectivity index (χ3v) is 1.71. The van der Waals surface area contributed by atoms with Gasteiger partial charge in [-0.1, -0.05) is 0 Å².